The molecule has 1 aromatic carbocycles. The highest BCUT2D eigenvalue weighted by Gasteiger charge is 2.42. The van der Waals surface area contributed by atoms with Crippen LogP contribution in [0.5, 0.6) is 0 Å². The standard InChI is InChI=1S/C19H27N3O2/c1-12-3-6-15(7-4-12)19(20)22-24-11-18(23)21-13(2)17-10-14-5-8-16(17)9-14/h3-4,6-7,13-14,16-17H,5,8-11H2,1-2H3,(H2,20,22)(H,21,23)/t13-,14+,16+,17+/m0/s1. The first-order valence-electron chi connectivity index (χ1n) is 8.84. The average Bonchev–Trinajstić information content (AvgIpc) is 3.18. The summed E-state index contributed by atoms with van der Waals surface area (Å²) in [6.07, 6.45) is 5.30. The third kappa shape index (κ3) is 3.89. The molecule has 3 rings (SSSR count). The highest BCUT2D eigenvalue weighted by atomic mass is 16.6. The molecule has 24 heavy (non-hydrogen) atoms. The molecule has 0 saturated heterocycles. The van der Waals surface area contributed by atoms with Crippen LogP contribution in [0.25, 0.3) is 0 Å². The largest absolute Gasteiger partial charge is 0.384 e. The van der Waals surface area contributed by atoms with Gasteiger partial charge in [0.15, 0.2) is 12.4 Å². The lowest BCUT2D eigenvalue weighted by molar-refractivity contribution is -0.126. The fraction of sp³-hybridized carbons (Fsp3) is 0.579. The molecule has 0 unspecified atom stereocenters. The first kappa shape index (κ1) is 16.8. The maximum absolute atomic E-state index is 12.0. The van der Waals surface area contributed by atoms with Crippen LogP contribution in [0.3, 0.4) is 0 Å². The fourth-order valence-corrected chi connectivity index (χ4v) is 4.25. The van der Waals surface area contributed by atoms with Crippen molar-refractivity contribution in [3.8, 4) is 0 Å². The number of fused-ring (bicyclic) bond motifs is 2. The number of amides is 1. The van der Waals surface area contributed by atoms with Gasteiger partial charge in [0.25, 0.3) is 5.91 Å². The summed E-state index contributed by atoms with van der Waals surface area (Å²) < 4.78 is 0. The quantitative estimate of drug-likeness (QED) is 0.478. The number of nitrogens with one attached hydrogen (secondary N) is 1. The Hall–Kier alpha value is -2.04. The Balaban J connectivity index is 1.43. The number of aryl methyl sites for hydroxylation is 1. The van der Waals surface area contributed by atoms with E-state index in [9.17, 15) is 4.79 Å². The van der Waals surface area contributed by atoms with Crippen molar-refractivity contribution in [3.05, 3.63) is 35.4 Å². The van der Waals surface area contributed by atoms with E-state index in [0.717, 1.165) is 23.0 Å². The molecule has 1 aromatic rings. The van der Waals surface area contributed by atoms with E-state index in [4.69, 9.17) is 10.6 Å². The van der Waals surface area contributed by atoms with Crippen LogP contribution in [0.4, 0.5) is 0 Å². The van der Waals surface area contributed by atoms with Crippen molar-refractivity contribution in [2.75, 3.05) is 6.61 Å². The molecule has 2 bridgehead atoms. The number of rotatable bonds is 6. The number of benzene rings is 1. The molecule has 4 atom stereocenters. The van der Waals surface area contributed by atoms with E-state index in [1.54, 1.807) is 0 Å². The van der Waals surface area contributed by atoms with E-state index in [0.29, 0.717) is 5.92 Å². The number of amidine groups is 1. The second kappa shape index (κ2) is 7.24. The van der Waals surface area contributed by atoms with Gasteiger partial charge in [-0.3, -0.25) is 4.79 Å². The minimum Gasteiger partial charge on any atom is -0.384 e. The number of carbonyl (C=O) groups excluding carboxylic acids is 1. The lowest BCUT2D eigenvalue weighted by Gasteiger charge is -2.28. The predicted octanol–water partition coefficient (Wildman–Crippen LogP) is 2.57. The van der Waals surface area contributed by atoms with E-state index in [2.05, 4.69) is 17.4 Å². The van der Waals surface area contributed by atoms with Gasteiger partial charge in [0, 0.05) is 11.6 Å². The molecule has 0 spiro atoms. The van der Waals surface area contributed by atoms with Crippen LogP contribution < -0.4 is 11.1 Å². The number of nitrogens with zero attached hydrogens (tertiary/aromatic N) is 1. The molecular formula is C19H27N3O2. The minimum absolute atomic E-state index is 0.0995. The second-order valence-electron chi connectivity index (χ2n) is 7.31. The van der Waals surface area contributed by atoms with Crippen LogP contribution >= 0.6 is 0 Å². The van der Waals surface area contributed by atoms with Crippen LogP contribution in [0.1, 0.15) is 43.7 Å². The molecule has 0 heterocycles. The zero-order valence-electron chi connectivity index (χ0n) is 14.5. The zero-order chi connectivity index (χ0) is 17.1. The zero-order valence-corrected chi connectivity index (χ0v) is 14.5. The molecule has 0 aliphatic heterocycles. The predicted molar refractivity (Wildman–Crippen MR) is 94.4 cm³/mol. The maximum Gasteiger partial charge on any atom is 0.260 e. The van der Waals surface area contributed by atoms with Crippen LogP contribution in [0.15, 0.2) is 29.4 Å². The van der Waals surface area contributed by atoms with Gasteiger partial charge in [-0.05, 0) is 50.9 Å². The third-order valence-electron chi connectivity index (χ3n) is 5.53. The van der Waals surface area contributed by atoms with Gasteiger partial charge in [-0.25, -0.2) is 0 Å². The molecule has 5 nitrogen and oxygen atoms in total. The summed E-state index contributed by atoms with van der Waals surface area (Å²) in [5.41, 5.74) is 7.81. The van der Waals surface area contributed by atoms with Gasteiger partial charge in [-0.1, -0.05) is 41.4 Å². The second-order valence-corrected chi connectivity index (χ2v) is 7.31. The molecule has 3 N–H and O–H groups in total. The topological polar surface area (TPSA) is 76.7 Å². The SMILES string of the molecule is Cc1ccc(/C(N)=N\OCC(=O)N[C@@H](C)[C@H]2C[C@@H]3CC[C@@H]2C3)cc1. The Bertz CT molecular complexity index is 612. The van der Waals surface area contributed by atoms with Gasteiger partial charge in [-0.15, -0.1) is 0 Å². The van der Waals surface area contributed by atoms with E-state index >= 15 is 0 Å². The molecular weight excluding hydrogens is 302 g/mol. The monoisotopic (exact) mass is 329 g/mol. The van der Waals surface area contributed by atoms with Crippen LogP contribution in [0.2, 0.25) is 0 Å². The molecule has 1 amide bonds. The maximum atomic E-state index is 12.0. The Morgan fingerprint density at radius 2 is 2.08 bits per heavy atom. The summed E-state index contributed by atoms with van der Waals surface area (Å²) in [6, 6.07) is 7.89. The van der Waals surface area contributed by atoms with E-state index in [1.165, 1.54) is 25.7 Å². The molecule has 130 valence electrons. The van der Waals surface area contributed by atoms with Crippen LogP contribution in [0, 0.1) is 24.7 Å². The summed E-state index contributed by atoms with van der Waals surface area (Å²) in [6.45, 7) is 4.01. The van der Waals surface area contributed by atoms with Gasteiger partial charge < -0.3 is 15.9 Å². The summed E-state index contributed by atoms with van der Waals surface area (Å²) in [7, 11) is 0. The minimum atomic E-state index is -0.134. The summed E-state index contributed by atoms with van der Waals surface area (Å²) in [5, 5.41) is 6.89. The Morgan fingerprint density at radius 1 is 1.33 bits per heavy atom. The van der Waals surface area contributed by atoms with Gasteiger partial charge in [0.2, 0.25) is 0 Å². The fourth-order valence-electron chi connectivity index (χ4n) is 4.25. The highest BCUT2D eigenvalue weighted by Crippen LogP contribution is 2.49. The summed E-state index contributed by atoms with van der Waals surface area (Å²) in [5.74, 6) is 2.44. The van der Waals surface area contributed by atoms with Crippen molar-refractivity contribution in [2.45, 2.75) is 45.6 Å². The molecule has 2 saturated carbocycles. The van der Waals surface area contributed by atoms with Crippen molar-refractivity contribution in [3.63, 3.8) is 0 Å². The van der Waals surface area contributed by atoms with E-state index in [1.807, 2.05) is 31.2 Å². The Labute approximate surface area is 143 Å². The normalized spacial score (nSPS) is 27.1. The van der Waals surface area contributed by atoms with Gasteiger partial charge in [0.05, 0.1) is 0 Å². The molecule has 0 radical (unpaired) electrons. The van der Waals surface area contributed by atoms with E-state index < -0.39 is 0 Å². The van der Waals surface area contributed by atoms with Crippen molar-refractivity contribution in [2.24, 2.45) is 28.6 Å². The summed E-state index contributed by atoms with van der Waals surface area (Å²) in [4.78, 5) is 17.2. The molecule has 2 fully saturated rings. The average molecular weight is 329 g/mol. The molecule has 2 aliphatic carbocycles. The molecule has 2 aliphatic rings. The number of hydrogen-bond acceptors (Lipinski definition) is 3. The lowest BCUT2D eigenvalue weighted by Crippen LogP contribution is -2.41. The Kier molecular flexibility index (Phi) is 5.07. The smallest absolute Gasteiger partial charge is 0.260 e. The van der Waals surface area contributed by atoms with Crippen molar-refractivity contribution in [1.29, 1.82) is 0 Å². The number of carbonyl (C=O) groups is 1. The van der Waals surface area contributed by atoms with Gasteiger partial charge in [-0.2, -0.15) is 0 Å². The Morgan fingerprint density at radius 3 is 2.71 bits per heavy atom. The lowest BCUT2D eigenvalue weighted by atomic mass is 9.84. The first-order valence-corrected chi connectivity index (χ1v) is 8.84. The van der Waals surface area contributed by atoms with Crippen molar-refractivity contribution < 1.29 is 9.63 Å². The van der Waals surface area contributed by atoms with Crippen LogP contribution in [-0.4, -0.2) is 24.4 Å². The van der Waals surface area contributed by atoms with Crippen molar-refractivity contribution >= 4 is 11.7 Å². The molecule has 5 heteroatoms. The van der Waals surface area contributed by atoms with E-state index in [-0.39, 0.29) is 24.4 Å². The number of hydrogen-bond donors (Lipinski definition) is 2. The number of oxime groups is 1. The van der Waals surface area contributed by atoms with Crippen LogP contribution in [-0.2, 0) is 9.63 Å². The first-order chi connectivity index (χ1) is 11.5. The molecule has 0 aromatic heterocycles. The third-order valence-corrected chi connectivity index (χ3v) is 5.53. The van der Waals surface area contributed by atoms with Crippen molar-refractivity contribution in [1.82, 2.24) is 5.32 Å². The van der Waals surface area contributed by atoms with Gasteiger partial charge in [0.1, 0.15) is 0 Å². The number of nitrogens with two attached hydrogens (primary N) is 1. The van der Waals surface area contributed by atoms with Gasteiger partial charge >= 0.3 is 0 Å². The highest BCUT2D eigenvalue weighted by molar-refractivity contribution is 5.97. The summed E-state index contributed by atoms with van der Waals surface area (Å²) >= 11 is 0.